The lowest BCUT2D eigenvalue weighted by Crippen LogP contribution is -2.23. The Kier molecular flexibility index (Phi) is 5.79. The molecule has 0 fully saturated rings. The van der Waals surface area contributed by atoms with Gasteiger partial charge in [-0.05, 0) is 41.5 Å². The average molecular weight is 477 g/mol. The molecule has 1 N–H and O–H groups in total. The lowest BCUT2D eigenvalue weighted by molar-refractivity contribution is 0.0952. The lowest BCUT2D eigenvalue weighted by atomic mass is 10.0. The highest BCUT2D eigenvalue weighted by Crippen LogP contribution is 2.35. The van der Waals surface area contributed by atoms with Crippen molar-refractivity contribution in [3.05, 3.63) is 108 Å². The maximum atomic E-state index is 13.4. The SMILES string of the molecule is O=C(NCc1cccc(Cn2ccnc2)c1)c1cc(-c2ccc3c(c2)OCCO3)nc2ccccc12. The molecule has 1 amide bonds. The third kappa shape index (κ3) is 4.51. The van der Waals surface area contributed by atoms with Crippen molar-refractivity contribution in [1.29, 1.82) is 0 Å². The van der Waals surface area contributed by atoms with Gasteiger partial charge in [-0.2, -0.15) is 0 Å². The van der Waals surface area contributed by atoms with Crippen molar-refractivity contribution < 1.29 is 14.3 Å². The second kappa shape index (κ2) is 9.54. The number of nitrogens with one attached hydrogen (secondary N) is 1. The Labute approximate surface area is 208 Å². The summed E-state index contributed by atoms with van der Waals surface area (Å²) < 4.78 is 13.4. The minimum absolute atomic E-state index is 0.146. The maximum Gasteiger partial charge on any atom is 0.252 e. The van der Waals surface area contributed by atoms with Gasteiger partial charge in [0.15, 0.2) is 11.5 Å². The molecule has 7 nitrogen and oxygen atoms in total. The van der Waals surface area contributed by atoms with E-state index in [0.29, 0.717) is 36.8 Å². The minimum Gasteiger partial charge on any atom is -0.486 e. The number of pyridine rings is 1. The van der Waals surface area contributed by atoms with Gasteiger partial charge in [-0.1, -0.05) is 42.5 Å². The quantitative estimate of drug-likeness (QED) is 0.379. The number of hydrogen-bond acceptors (Lipinski definition) is 5. The summed E-state index contributed by atoms with van der Waals surface area (Å²) in [5.74, 6) is 1.27. The van der Waals surface area contributed by atoms with Crippen LogP contribution in [0.3, 0.4) is 0 Å². The van der Waals surface area contributed by atoms with Crippen molar-refractivity contribution in [3.8, 4) is 22.8 Å². The Morgan fingerprint density at radius 3 is 2.67 bits per heavy atom. The Bertz CT molecular complexity index is 1550. The topological polar surface area (TPSA) is 78.3 Å². The van der Waals surface area contributed by atoms with E-state index in [0.717, 1.165) is 39.9 Å². The summed E-state index contributed by atoms with van der Waals surface area (Å²) in [5.41, 5.74) is 5.10. The molecule has 1 aliphatic rings. The second-order valence-corrected chi connectivity index (χ2v) is 8.67. The number of fused-ring (bicyclic) bond motifs is 2. The van der Waals surface area contributed by atoms with Crippen LogP contribution in [0.4, 0.5) is 0 Å². The first kappa shape index (κ1) is 21.9. The molecule has 0 saturated carbocycles. The number of rotatable bonds is 6. The van der Waals surface area contributed by atoms with Crippen molar-refractivity contribution in [1.82, 2.24) is 19.9 Å². The average Bonchev–Trinajstić information content (AvgIpc) is 3.44. The lowest BCUT2D eigenvalue weighted by Gasteiger charge is -2.19. The third-order valence-corrected chi connectivity index (χ3v) is 6.17. The van der Waals surface area contributed by atoms with Crippen LogP contribution in [-0.4, -0.2) is 33.7 Å². The van der Waals surface area contributed by atoms with Crippen LogP contribution in [0.25, 0.3) is 22.2 Å². The van der Waals surface area contributed by atoms with E-state index in [1.807, 2.05) is 71.4 Å². The molecule has 7 heteroatoms. The van der Waals surface area contributed by atoms with Gasteiger partial charge in [-0.15, -0.1) is 0 Å². The standard InChI is InChI=1S/C29H24N4O3/c34-29(31-17-20-4-3-5-21(14-20)18-33-11-10-30-19-33)24-16-26(32-25-7-2-1-6-23(24)25)22-8-9-27-28(15-22)36-13-12-35-27/h1-11,14-16,19H,12-13,17-18H2,(H,31,34). The molecule has 0 bridgehead atoms. The molecule has 0 aliphatic carbocycles. The van der Waals surface area contributed by atoms with Gasteiger partial charge in [0.2, 0.25) is 0 Å². The maximum absolute atomic E-state index is 13.4. The molecule has 36 heavy (non-hydrogen) atoms. The monoisotopic (exact) mass is 476 g/mol. The van der Waals surface area contributed by atoms with Crippen molar-refractivity contribution in [2.24, 2.45) is 0 Å². The summed E-state index contributed by atoms with van der Waals surface area (Å²) in [6, 6.07) is 23.5. The van der Waals surface area contributed by atoms with Crippen LogP contribution >= 0.6 is 0 Å². The predicted molar refractivity (Wildman–Crippen MR) is 137 cm³/mol. The number of para-hydroxylation sites is 1. The van der Waals surface area contributed by atoms with Gasteiger partial charge >= 0.3 is 0 Å². The van der Waals surface area contributed by atoms with Crippen LogP contribution in [0.15, 0.2) is 91.5 Å². The van der Waals surface area contributed by atoms with Gasteiger partial charge < -0.3 is 19.4 Å². The second-order valence-electron chi connectivity index (χ2n) is 8.67. The number of carbonyl (C=O) groups excluding carboxylic acids is 1. The fourth-order valence-electron chi connectivity index (χ4n) is 4.42. The Hall–Kier alpha value is -4.65. The molecule has 0 radical (unpaired) electrons. The molecule has 0 saturated heterocycles. The number of carbonyl (C=O) groups is 1. The number of nitrogens with zero attached hydrogens (tertiary/aromatic N) is 3. The van der Waals surface area contributed by atoms with Crippen LogP contribution in [-0.2, 0) is 13.1 Å². The zero-order valence-electron chi connectivity index (χ0n) is 19.6. The van der Waals surface area contributed by atoms with Crippen molar-refractivity contribution in [2.75, 3.05) is 13.2 Å². The third-order valence-electron chi connectivity index (χ3n) is 6.17. The van der Waals surface area contributed by atoms with E-state index in [9.17, 15) is 4.79 Å². The van der Waals surface area contributed by atoms with Crippen molar-refractivity contribution >= 4 is 16.8 Å². The molecular weight excluding hydrogens is 452 g/mol. The molecular formula is C29H24N4O3. The van der Waals surface area contributed by atoms with E-state index in [1.54, 1.807) is 12.5 Å². The van der Waals surface area contributed by atoms with Crippen LogP contribution < -0.4 is 14.8 Å². The van der Waals surface area contributed by atoms with Crippen LogP contribution in [0, 0.1) is 0 Å². The van der Waals surface area contributed by atoms with Gasteiger partial charge in [0.25, 0.3) is 5.91 Å². The number of hydrogen-bond donors (Lipinski definition) is 1. The molecule has 178 valence electrons. The van der Waals surface area contributed by atoms with Crippen molar-refractivity contribution in [3.63, 3.8) is 0 Å². The smallest absolute Gasteiger partial charge is 0.252 e. The summed E-state index contributed by atoms with van der Waals surface area (Å²) in [6.07, 6.45) is 5.49. The van der Waals surface area contributed by atoms with Crippen LogP contribution in [0.2, 0.25) is 0 Å². The van der Waals surface area contributed by atoms with Crippen molar-refractivity contribution in [2.45, 2.75) is 13.1 Å². The van der Waals surface area contributed by atoms with Gasteiger partial charge in [-0.3, -0.25) is 4.79 Å². The number of amides is 1. The molecule has 5 aromatic rings. The summed E-state index contributed by atoms with van der Waals surface area (Å²) in [6.45, 7) is 2.21. The highest BCUT2D eigenvalue weighted by atomic mass is 16.6. The fourth-order valence-corrected chi connectivity index (χ4v) is 4.42. The number of imidazole rings is 1. The Morgan fingerprint density at radius 1 is 0.917 bits per heavy atom. The number of ether oxygens (including phenoxy) is 2. The molecule has 0 unspecified atom stereocenters. The first-order valence-electron chi connectivity index (χ1n) is 11.8. The highest BCUT2D eigenvalue weighted by molar-refractivity contribution is 6.07. The van der Waals surface area contributed by atoms with E-state index in [2.05, 4.69) is 22.4 Å². The Morgan fingerprint density at radius 2 is 1.78 bits per heavy atom. The van der Waals surface area contributed by atoms with E-state index < -0.39 is 0 Å². The zero-order valence-corrected chi connectivity index (χ0v) is 19.6. The van der Waals surface area contributed by atoms with Gasteiger partial charge in [-0.25, -0.2) is 9.97 Å². The summed E-state index contributed by atoms with van der Waals surface area (Å²) >= 11 is 0. The zero-order chi connectivity index (χ0) is 24.3. The van der Waals surface area contributed by atoms with Crippen LogP contribution in [0.5, 0.6) is 11.5 Å². The normalized spacial score (nSPS) is 12.4. The summed E-state index contributed by atoms with van der Waals surface area (Å²) in [7, 11) is 0. The molecule has 0 atom stereocenters. The molecule has 2 aromatic heterocycles. The molecule has 1 aliphatic heterocycles. The Balaban J connectivity index is 1.27. The van der Waals surface area contributed by atoms with E-state index in [-0.39, 0.29) is 5.91 Å². The summed E-state index contributed by atoms with van der Waals surface area (Å²) in [4.78, 5) is 22.3. The van der Waals surface area contributed by atoms with Gasteiger partial charge in [0, 0.05) is 36.4 Å². The summed E-state index contributed by atoms with van der Waals surface area (Å²) in [5, 5.41) is 3.90. The molecule has 3 aromatic carbocycles. The first-order chi connectivity index (χ1) is 17.7. The molecule has 6 rings (SSSR count). The van der Waals surface area contributed by atoms with E-state index in [4.69, 9.17) is 14.5 Å². The van der Waals surface area contributed by atoms with Gasteiger partial charge in [0.1, 0.15) is 13.2 Å². The number of benzene rings is 3. The number of aromatic nitrogens is 3. The van der Waals surface area contributed by atoms with E-state index >= 15 is 0 Å². The minimum atomic E-state index is -0.146. The highest BCUT2D eigenvalue weighted by Gasteiger charge is 2.17. The van der Waals surface area contributed by atoms with Crippen LogP contribution in [0.1, 0.15) is 21.5 Å². The molecule has 0 spiro atoms. The van der Waals surface area contributed by atoms with Gasteiger partial charge in [0.05, 0.1) is 23.1 Å². The predicted octanol–water partition coefficient (Wildman–Crippen LogP) is 4.85. The fraction of sp³-hybridized carbons (Fsp3) is 0.138. The first-order valence-corrected chi connectivity index (χ1v) is 11.8. The van der Waals surface area contributed by atoms with E-state index in [1.165, 1.54) is 0 Å². The molecule has 3 heterocycles. The largest absolute Gasteiger partial charge is 0.486 e.